The highest BCUT2D eigenvalue weighted by molar-refractivity contribution is 6.30. The zero-order valence-corrected chi connectivity index (χ0v) is 12.8. The second kappa shape index (κ2) is 9.37. The van der Waals surface area contributed by atoms with Crippen molar-refractivity contribution in [3.8, 4) is 0 Å². The van der Waals surface area contributed by atoms with E-state index in [2.05, 4.69) is 10.6 Å². The van der Waals surface area contributed by atoms with Gasteiger partial charge in [0.15, 0.2) is 0 Å². The molecule has 1 atom stereocenters. The third kappa shape index (κ3) is 7.11. The van der Waals surface area contributed by atoms with Crippen LogP contribution < -0.4 is 10.6 Å². The first-order valence-corrected chi connectivity index (χ1v) is 7.38. The number of carboxylic acids is 1. The summed E-state index contributed by atoms with van der Waals surface area (Å²) in [5.41, 5.74) is 1.09. The molecule has 0 aliphatic carbocycles. The highest BCUT2D eigenvalue weighted by Gasteiger charge is 2.16. The lowest BCUT2D eigenvalue weighted by molar-refractivity contribution is -0.139. The molecule has 0 aliphatic heterocycles. The van der Waals surface area contributed by atoms with Crippen molar-refractivity contribution in [2.24, 2.45) is 0 Å². The van der Waals surface area contributed by atoms with Crippen molar-refractivity contribution in [3.05, 3.63) is 34.9 Å². The topological polar surface area (TPSA) is 78.4 Å². The highest BCUT2D eigenvalue weighted by atomic mass is 35.5. The normalized spacial score (nSPS) is 11.9. The Kier molecular flexibility index (Phi) is 7.79. The number of benzene rings is 1. The Labute approximate surface area is 129 Å². The van der Waals surface area contributed by atoms with Gasteiger partial charge in [0, 0.05) is 11.6 Å². The van der Waals surface area contributed by atoms with Crippen molar-refractivity contribution in [3.63, 3.8) is 0 Å². The van der Waals surface area contributed by atoms with Gasteiger partial charge in [-0.1, -0.05) is 37.1 Å². The lowest BCUT2D eigenvalue weighted by Gasteiger charge is -2.13. The first-order valence-electron chi connectivity index (χ1n) is 7.00. The van der Waals surface area contributed by atoms with Crippen LogP contribution in [0.4, 0.5) is 0 Å². The molecule has 1 aromatic carbocycles. The van der Waals surface area contributed by atoms with Crippen LogP contribution in [0.2, 0.25) is 5.02 Å². The molecule has 0 radical (unpaired) electrons. The van der Waals surface area contributed by atoms with Crippen LogP contribution in [-0.4, -0.2) is 36.1 Å². The fraction of sp³-hybridized carbons (Fsp3) is 0.467. The molecule has 3 N–H and O–H groups in total. The molecular formula is C15H21ClN2O3. The fourth-order valence-corrected chi connectivity index (χ4v) is 2.00. The van der Waals surface area contributed by atoms with Gasteiger partial charge in [0.05, 0.1) is 6.54 Å². The summed E-state index contributed by atoms with van der Waals surface area (Å²) in [5.74, 6) is -1.13. The second-order valence-corrected chi connectivity index (χ2v) is 5.22. The molecule has 0 saturated carbocycles. The monoisotopic (exact) mass is 312 g/mol. The van der Waals surface area contributed by atoms with Crippen LogP contribution in [0.15, 0.2) is 24.3 Å². The molecule has 0 heterocycles. The minimum atomic E-state index is -0.925. The van der Waals surface area contributed by atoms with Gasteiger partial charge in [0.2, 0.25) is 5.91 Å². The maximum absolute atomic E-state index is 11.6. The molecule has 21 heavy (non-hydrogen) atoms. The number of carbonyl (C=O) groups excluding carboxylic acids is 1. The zero-order valence-electron chi connectivity index (χ0n) is 12.1. The smallest absolute Gasteiger partial charge is 0.320 e. The summed E-state index contributed by atoms with van der Waals surface area (Å²) in [6, 6.07) is 6.77. The Morgan fingerprint density at radius 2 is 1.95 bits per heavy atom. The Bertz CT molecular complexity index is 462. The maximum atomic E-state index is 11.6. The van der Waals surface area contributed by atoms with E-state index in [1.165, 1.54) is 0 Å². The molecule has 0 spiro atoms. The minimum absolute atomic E-state index is 0.0115. The summed E-state index contributed by atoms with van der Waals surface area (Å²) in [7, 11) is 0. The number of carbonyl (C=O) groups is 2. The molecule has 0 fully saturated rings. The molecule has 116 valence electrons. The SMILES string of the molecule is CCCC(NCC(=O)NCCc1ccc(Cl)cc1)C(=O)O. The van der Waals surface area contributed by atoms with Crippen molar-refractivity contribution in [1.82, 2.24) is 10.6 Å². The number of halogens is 1. The third-order valence-corrected chi connectivity index (χ3v) is 3.29. The largest absolute Gasteiger partial charge is 0.480 e. The molecule has 1 amide bonds. The van der Waals surface area contributed by atoms with Gasteiger partial charge in [-0.2, -0.15) is 0 Å². The summed E-state index contributed by atoms with van der Waals surface area (Å²) in [5, 5.41) is 15.1. The summed E-state index contributed by atoms with van der Waals surface area (Å²) in [4.78, 5) is 22.6. The van der Waals surface area contributed by atoms with Gasteiger partial charge < -0.3 is 10.4 Å². The average Bonchev–Trinajstić information content (AvgIpc) is 2.45. The zero-order chi connectivity index (χ0) is 15.7. The highest BCUT2D eigenvalue weighted by Crippen LogP contribution is 2.09. The van der Waals surface area contributed by atoms with Gasteiger partial charge in [-0.3, -0.25) is 14.9 Å². The van der Waals surface area contributed by atoms with E-state index in [9.17, 15) is 9.59 Å². The Morgan fingerprint density at radius 3 is 2.52 bits per heavy atom. The van der Waals surface area contributed by atoms with Crippen LogP contribution in [0.25, 0.3) is 0 Å². The van der Waals surface area contributed by atoms with Crippen molar-refractivity contribution < 1.29 is 14.7 Å². The molecule has 1 aromatic rings. The molecule has 6 heteroatoms. The van der Waals surface area contributed by atoms with E-state index < -0.39 is 12.0 Å². The minimum Gasteiger partial charge on any atom is -0.480 e. The van der Waals surface area contributed by atoms with Gasteiger partial charge in [0.25, 0.3) is 0 Å². The van der Waals surface area contributed by atoms with E-state index in [1.807, 2.05) is 31.2 Å². The maximum Gasteiger partial charge on any atom is 0.320 e. The predicted octanol–water partition coefficient (Wildman–Crippen LogP) is 1.84. The summed E-state index contributed by atoms with van der Waals surface area (Å²) in [6.45, 7) is 2.43. The van der Waals surface area contributed by atoms with Gasteiger partial charge >= 0.3 is 5.97 Å². The number of aliphatic carboxylic acids is 1. The van der Waals surface area contributed by atoms with Gasteiger partial charge in [-0.05, 0) is 30.5 Å². The standard InChI is InChI=1S/C15H21ClN2O3/c1-2-3-13(15(20)21)18-10-14(19)17-9-8-11-4-6-12(16)7-5-11/h4-7,13,18H,2-3,8-10H2,1H3,(H,17,19)(H,20,21). The van der Waals surface area contributed by atoms with E-state index in [-0.39, 0.29) is 12.5 Å². The average molecular weight is 313 g/mol. The van der Waals surface area contributed by atoms with E-state index in [0.29, 0.717) is 24.4 Å². The Balaban J connectivity index is 2.24. The van der Waals surface area contributed by atoms with Crippen LogP contribution in [0.5, 0.6) is 0 Å². The van der Waals surface area contributed by atoms with Crippen molar-refractivity contribution in [2.75, 3.05) is 13.1 Å². The lowest BCUT2D eigenvalue weighted by Crippen LogP contribution is -2.43. The Hall–Kier alpha value is -1.59. The quantitative estimate of drug-likeness (QED) is 0.650. The molecule has 0 aromatic heterocycles. The molecule has 5 nitrogen and oxygen atoms in total. The number of amides is 1. The molecule has 0 aliphatic rings. The van der Waals surface area contributed by atoms with Gasteiger partial charge in [0.1, 0.15) is 6.04 Å². The van der Waals surface area contributed by atoms with Crippen LogP contribution in [0.1, 0.15) is 25.3 Å². The number of carboxylic acid groups (broad SMARTS) is 1. The number of hydrogen-bond donors (Lipinski definition) is 3. The van der Waals surface area contributed by atoms with E-state index in [1.54, 1.807) is 0 Å². The molecule has 0 saturated heterocycles. The predicted molar refractivity (Wildman–Crippen MR) is 82.5 cm³/mol. The van der Waals surface area contributed by atoms with Crippen LogP contribution >= 0.6 is 11.6 Å². The summed E-state index contributed by atoms with van der Waals surface area (Å²) in [6.07, 6.45) is 1.97. The summed E-state index contributed by atoms with van der Waals surface area (Å²) < 4.78 is 0. The van der Waals surface area contributed by atoms with Gasteiger partial charge in [-0.25, -0.2) is 0 Å². The number of rotatable bonds is 9. The number of hydrogen-bond acceptors (Lipinski definition) is 3. The van der Waals surface area contributed by atoms with Crippen molar-refractivity contribution in [2.45, 2.75) is 32.2 Å². The summed E-state index contributed by atoms with van der Waals surface area (Å²) >= 11 is 5.79. The van der Waals surface area contributed by atoms with Gasteiger partial charge in [-0.15, -0.1) is 0 Å². The van der Waals surface area contributed by atoms with Crippen LogP contribution in [0, 0.1) is 0 Å². The van der Waals surface area contributed by atoms with Crippen LogP contribution in [0.3, 0.4) is 0 Å². The first-order chi connectivity index (χ1) is 10.0. The lowest BCUT2D eigenvalue weighted by atomic mass is 10.1. The second-order valence-electron chi connectivity index (χ2n) is 4.79. The molecular weight excluding hydrogens is 292 g/mol. The third-order valence-electron chi connectivity index (χ3n) is 3.03. The first kappa shape index (κ1) is 17.5. The molecule has 1 rings (SSSR count). The van der Waals surface area contributed by atoms with E-state index in [4.69, 9.17) is 16.7 Å². The van der Waals surface area contributed by atoms with E-state index in [0.717, 1.165) is 12.0 Å². The van der Waals surface area contributed by atoms with E-state index >= 15 is 0 Å². The molecule has 1 unspecified atom stereocenters. The molecule has 0 bridgehead atoms. The number of nitrogens with one attached hydrogen (secondary N) is 2. The van der Waals surface area contributed by atoms with Crippen molar-refractivity contribution in [1.29, 1.82) is 0 Å². The van der Waals surface area contributed by atoms with Crippen LogP contribution in [-0.2, 0) is 16.0 Å². The van der Waals surface area contributed by atoms with Crippen molar-refractivity contribution >= 4 is 23.5 Å². The Morgan fingerprint density at radius 1 is 1.29 bits per heavy atom. The fourth-order valence-electron chi connectivity index (χ4n) is 1.88.